The number of amides is 1. The SMILES string of the molecule is Cc1cc(N2CCCCC2)ccc1Nc1ccc(CN(O)C(=O)CN2CCN(C)CC2)cc1. The Morgan fingerprint density at radius 1 is 0.970 bits per heavy atom. The lowest BCUT2D eigenvalue weighted by Crippen LogP contribution is -2.48. The van der Waals surface area contributed by atoms with E-state index in [1.54, 1.807) is 0 Å². The number of nitrogens with one attached hydrogen (secondary N) is 1. The number of likely N-dealkylation sites (N-methyl/N-ethyl adjacent to an activating group) is 1. The van der Waals surface area contributed by atoms with E-state index in [0.717, 1.165) is 61.3 Å². The van der Waals surface area contributed by atoms with Crippen molar-refractivity contribution < 1.29 is 10.0 Å². The zero-order valence-corrected chi connectivity index (χ0v) is 20.0. The molecule has 2 aromatic rings. The van der Waals surface area contributed by atoms with Crippen molar-refractivity contribution >= 4 is 23.0 Å². The molecule has 0 radical (unpaired) electrons. The fourth-order valence-electron chi connectivity index (χ4n) is 4.53. The van der Waals surface area contributed by atoms with Gasteiger partial charge in [-0.2, -0.15) is 0 Å². The summed E-state index contributed by atoms with van der Waals surface area (Å²) in [5.41, 5.74) is 5.50. The summed E-state index contributed by atoms with van der Waals surface area (Å²) < 4.78 is 0. The normalized spacial score (nSPS) is 17.7. The molecule has 0 aliphatic carbocycles. The summed E-state index contributed by atoms with van der Waals surface area (Å²) in [6.45, 7) is 8.50. The maximum absolute atomic E-state index is 12.4. The van der Waals surface area contributed by atoms with Gasteiger partial charge >= 0.3 is 0 Å². The zero-order valence-electron chi connectivity index (χ0n) is 20.0. The predicted octanol–water partition coefficient (Wildman–Crippen LogP) is 3.69. The fourth-order valence-corrected chi connectivity index (χ4v) is 4.53. The van der Waals surface area contributed by atoms with E-state index in [1.165, 1.54) is 30.5 Å². The van der Waals surface area contributed by atoms with Gasteiger partial charge in [-0.05, 0) is 74.7 Å². The van der Waals surface area contributed by atoms with Crippen LogP contribution in [0.4, 0.5) is 17.1 Å². The minimum atomic E-state index is -0.258. The molecule has 4 rings (SSSR count). The van der Waals surface area contributed by atoms with Crippen LogP contribution < -0.4 is 10.2 Å². The summed E-state index contributed by atoms with van der Waals surface area (Å²) in [5, 5.41) is 14.6. The maximum Gasteiger partial charge on any atom is 0.260 e. The van der Waals surface area contributed by atoms with Gasteiger partial charge in [0.1, 0.15) is 0 Å². The van der Waals surface area contributed by atoms with Crippen LogP contribution in [0.25, 0.3) is 0 Å². The van der Waals surface area contributed by atoms with Crippen LogP contribution in [0.5, 0.6) is 0 Å². The van der Waals surface area contributed by atoms with Crippen molar-refractivity contribution in [2.24, 2.45) is 0 Å². The van der Waals surface area contributed by atoms with E-state index in [9.17, 15) is 10.0 Å². The van der Waals surface area contributed by atoms with E-state index in [-0.39, 0.29) is 19.0 Å². The molecule has 7 heteroatoms. The van der Waals surface area contributed by atoms with Crippen LogP contribution in [-0.2, 0) is 11.3 Å². The van der Waals surface area contributed by atoms with Gasteiger partial charge in [0.15, 0.2) is 0 Å². The van der Waals surface area contributed by atoms with E-state index >= 15 is 0 Å². The molecule has 2 fully saturated rings. The molecular weight excluding hydrogens is 414 g/mol. The van der Waals surface area contributed by atoms with Gasteiger partial charge in [0.2, 0.25) is 0 Å². The minimum absolute atomic E-state index is 0.191. The highest BCUT2D eigenvalue weighted by Gasteiger charge is 2.20. The molecule has 0 aromatic heterocycles. The van der Waals surface area contributed by atoms with Gasteiger partial charge in [0.25, 0.3) is 5.91 Å². The maximum atomic E-state index is 12.4. The number of anilines is 3. The number of hydrogen-bond acceptors (Lipinski definition) is 6. The molecule has 2 aliphatic rings. The van der Waals surface area contributed by atoms with E-state index in [1.807, 2.05) is 24.3 Å². The third kappa shape index (κ3) is 6.47. The first-order valence-corrected chi connectivity index (χ1v) is 12.1. The first kappa shape index (κ1) is 23.5. The first-order valence-electron chi connectivity index (χ1n) is 12.1. The van der Waals surface area contributed by atoms with Crippen LogP contribution in [0.15, 0.2) is 42.5 Å². The molecule has 0 atom stereocenters. The lowest BCUT2D eigenvalue weighted by atomic mass is 10.1. The van der Waals surface area contributed by atoms with Gasteiger partial charge in [-0.15, -0.1) is 0 Å². The highest BCUT2D eigenvalue weighted by Crippen LogP contribution is 2.27. The third-order valence-corrected chi connectivity index (χ3v) is 6.74. The van der Waals surface area contributed by atoms with Crippen LogP contribution in [0.3, 0.4) is 0 Å². The topological polar surface area (TPSA) is 62.3 Å². The van der Waals surface area contributed by atoms with Crippen molar-refractivity contribution in [3.63, 3.8) is 0 Å². The molecule has 0 bridgehead atoms. The Bertz CT molecular complexity index is 919. The van der Waals surface area contributed by atoms with Crippen LogP contribution in [0.2, 0.25) is 0 Å². The van der Waals surface area contributed by atoms with Gasteiger partial charge in [-0.25, -0.2) is 5.06 Å². The Labute approximate surface area is 197 Å². The summed E-state index contributed by atoms with van der Waals surface area (Å²) in [5.74, 6) is -0.258. The van der Waals surface area contributed by atoms with Gasteiger partial charge in [0, 0.05) is 56.3 Å². The van der Waals surface area contributed by atoms with Crippen LogP contribution >= 0.6 is 0 Å². The summed E-state index contributed by atoms with van der Waals surface area (Å²) >= 11 is 0. The molecule has 2 N–H and O–H groups in total. The molecule has 0 spiro atoms. The summed E-state index contributed by atoms with van der Waals surface area (Å²) in [7, 11) is 2.09. The molecule has 178 valence electrons. The summed E-state index contributed by atoms with van der Waals surface area (Å²) in [4.78, 5) is 19.2. The molecular formula is C26H37N5O2. The zero-order chi connectivity index (χ0) is 23.2. The molecule has 2 aromatic carbocycles. The van der Waals surface area contributed by atoms with Crippen LogP contribution in [-0.4, -0.2) is 78.8 Å². The van der Waals surface area contributed by atoms with Crippen LogP contribution in [0.1, 0.15) is 30.4 Å². The number of rotatable bonds is 7. The second-order valence-corrected chi connectivity index (χ2v) is 9.40. The number of hydrogen-bond donors (Lipinski definition) is 2. The second kappa shape index (κ2) is 11.0. The van der Waals surface area contributed by atoms with Crippen molar-refractivity contribution in [3.8, 4) is 0 Å². The van der Waals surface area contributed by atoms with Crippen molar-refractivity contribution in [1.29, 1.82) is 0 Å². The molecule has 1 amide bonds. The van der Waals surface area contributed by atoms with Gasteiger partial charge in [-0.1, -0.05) is 12.1 Å². The standard InChI is InChI=1S/C26H37N5O2/c1-21-18-24(30-12-4-3-5-13-30)10-11-25(21)27-23-8-6-22(7-9-23)19-31(33)26(32)20-29-16-14-28(2)15-17-29/h6-11,18,27,33H,3-5,12-17,19-20H2,1-2H3. The average molecular weight is 452 g/mol. The van der Waals surface area contributed by atoms with Crippen LogP contribution in [0, 0.1) is 6.92 Å². The molecule has 2 saturated heterocycles. The second-order valence-electron chi connectivity index (χ2n) is 9.40. The lowest BCUT2D eigenvalue weighted by molar-refractivity contribution is -0.169. The number of aryl methyl sites for hydroxylation is 1. The molecule has 2 aliphatic heterocycles. The van der Waals surface area contributed by atoms with Crippen molar-refractivity contribution in [2.75, 3.05) is 63.1 Å². The van der Waals surface area contributed by atoms with Crippen molar-refractivity contribution in [2.45, 2.75) is 32.7 Å². The third-order valence-electron chi connectivity index (χ3n) is 6.74. The highest BCUT2D eigenvalue weighted by molar-refractivity contribution is 5.77. The molecule has 0 unspecified atom stereocenters. The first-order chi connectivity index (χ1) is 16.0. The van der Waals surface area contributed by atoms with Gasteiger partial charge < -0.3 is 15.1 Å². The van der Waals surface area contributed by atoms with Gasteiger partial charge in [0.05, 0.1) is 13.1 Å². The number of piperazine rings is 1. The predicted molar refractivity (Wildman–Crippen MR) is 133 cm³/mol. The van der Waals surface area contributed by atoms with E-state index in [2.05, 4.69) is 52.2 Å². The Kier molecular flexibility index (Phi) is 7.85. The van der Waals surface area contributed by atoms with E-state index in [0.29, 0.717) is 0 Å². The highest BCUT2D eigenvalue weighted by atomic mass is 16.5. The lowest BCUT2D eigenvalue weighted by Gasteiger charge is -2.32. The van der Waals surface area contributed by atoms with E-state index in [4.69, 9.17) is 0 Å². The van der Waals surface area contributed by atoms with Crippen molar-refractivity contribution in [1.82, 2.24) is 14.9 Å². The molecule has 2 heterocycles. The average Bonchev–Trinajstić information content (AvgIpc) is 2.83. The monoisotopic (exact) mass is 451 g/mol. The number of carbonyl (C=O) groups is 1. The number of carbonyl (C=O) groups excluding carboxylic acids is 1. The Hall–Kier alpha value is -2.61. The number of benzene rings is 2. The molecule has 7 nitrogen and oxygen atoms in total. The smallest absolute Gasteiger partial charge is 0.260 e. The Balaban J connectivity index is 1.29. The fraction of sp³-hybridized carbons (Fsp3) is 0.500. The molecule has 33 heavy (non-hydrogen) atoms. The molecule has 0 saturated carbocycles. The summed E-state index contributed by atoms with van der Waals surface area (Å²) in [6.07, 6.45) is 3.89. The Morgan fingerprint density at radius 2 is 1.67 bits per heavy atom. The number of hydroxylamine groups is 2. The van der Waals surface area contributed by atoms with Crippen molar-refractivity contribution in [3.05, 3.63) is 53.6 Å². The van der Waals surface area contributed by atoms with Gasteiger partial charge in [-0.3, -0.25) is 14.9 Å². The Morgan fingerprint density at radius 3 is 2.33 bits per heavy atom. The van der Waals surface area contributed by atoms with E-state index < -0.39 is 0 Å². The summed E-state index contributed by atoms with van der Waals surface area (Å²) in [6, 6.07) is 14.5. The largest absolute Gasteiger partial charge is 0.372 e. The minimum Gasteiger partial charge on any atom is -0.372 e. The number of piperidine rings is 1. The number of nitrogens with zero attached hydrogens (tertiary/aromatic N) is 4. The quantitative estimate of drug-likeness (QED) is 0.495.